The number of hydrogen-bond donors (Lipinski definition) is 2. The van der Waals surface area contributed by atoms with Gasteiger partial charge in [-0.2, -0.15) is 0 Å². The second kappa shape index (κ2) is 4.82. The number of rotatable bonds is 4. The average Bonchev–Trinajstić information content (AvgIpc) is 2.77. The van der Waals surface area contributed by atoms with E-state index in [0.29, 0.717) is 22.0 Å². The number of nitro benzene ring substituents is 1. The van der Waals surface area contributed by atoms with Crippen LogP contribution in [0.4, 0.5) is 5.69 Å². The molecular weight excluding hydrogens is 248 g/mol. The minimum Gasteiger partial charge on any atom is -0.481 e. The van der Waals surface area contributed by atoms with Crippen molar-refractivity contribution in [1.29, 1.82) is 0 Å². The molecule has 96 valence electrons. The second-order valence-electron chi connectivity index (χ2n) is 4.03. The van der Waals surface area contributed by atoms with Gasteiger partial charge < -0.3 is 10.1 Å². The summed E-state index contributed by atoms with van der Waals surface area (Å²) in [5.74, 6) is 1.41. The molecule has 0 saturated heterocycles. The Hall–Kier alpha value is -2.81. The van der Waals surface area contributed by atoms with Crippen LogP contribution < -0.4 is 0 Å². The molecule has 2 N–H and O–H groups in total. The summed E-state index contributed by atoms with van der Waals surface area (Å²) in [5.41, 5.74) is 1.45. The largest absolute Gasteiger partial charge is 0.481 e. The van der Waals surface area contributed by atoms with Crippen molar-refractivity contribution in [3.05, 3.63) is 39.6 Å². The van der Waals surface area contributed by atoms with Gasteiger partial charge in [-0.05, 0) is 18.1 Å². The van der Waals surface area contributed by atoms with Crippen LogP contribution in [0.2, 0.25) is 0 Å². The van der Waals surface area contributed by atoms with Gasteiger partial charge in [0.1, 0.15) is 0 Å². The number of fused-ring (bicyclic) bond motifs is 1. The number of non-ortho nitro benzene ring substituents is 1. The van der Waals surface area contributed by atoms with Crippen LogP contribution in [0.5, 0.6) is 0 Å². The summed E-state index contributed by atoms with van der Waals surface area (Å²) in [6, 6.07) is 2.95. The quantitative estimate of drug-likeness (QED) is 0.498. The topological polar surface area (TPSA) is 96.2 Å². The van der Waals surface area contributed by atoms with Crippen LogP contribution in [0.1, 0.15) is 17.5 Å². The van der Waals surface area contributed by atoms with Crippen LogP contribution in [0.3, 0.4) is 0 Å². The number of carboxylic acid groups (broad SMARTS) is 1. The van der Waals surface area contributed by atoms with Gasteiger partial charge >= 0.3 is 5.97 Å². The molecule has 1 aromatic heterocycles. The van der Waals surface area contributed by atoms with E-state index in [1.54, 1.807) is 12.3 Å². The summed E-state index contributed by atoms with van der Waals surface area (Å²) < 4.78 is 0. The predicted molar refractivity (Wildman–Crippen MR) is 68.8 cm³/mol. The molecule has 0 spiro atoms. The van der Waals surface area contributed by atoms with Gasteiger partial charge in [-0.1, -0.05) is 5.92 Å². The number of nitrogens with one attached hydrogen (secondary N) is 1. The number of nitro groups is 1. The van der Waals surface area contributed by atoms with Crippen LogP contribution in [0.25, 0.3) is 10.9 Å². The van der Waals surface area contributed by atoms with Crippen LogP contribution in [-0.2, 0) is 11.2 Å². The minimum atomic E-state index is -0.947. The summed E-state index contributed by atoms with van der Waals surface area (Å²) in [6.07, 6.45) is 6.98. The number of aryl methyl sites for hydroxylation is 1. The molecule has 2 rings (SSSR count). The maximum Gasteiger partial charge on any atom is 0.303 e. The van der Waals surface area contributed by atoms with E-state index in [1.807, 2.05) is 0 Å². The van der Waals surface area contributed by atoms with Crippen molar-refractivity contribution in [3.63, 3.8) is 0 Å². The number of H-pyrrole nitrogens is 1. The lowest BCUT2D eigenvalue weighted by molar-refractivity contribution is -0.383. The van der Waals surface area contributed by atoms with Crippen molar-refractivity contribution in [1.82, 2.24) is 4.98 Å². The summed E-state index contributed by atoms with van der Waals surface area (Å²) in [5, 5.41) is 20.2. The SMILES string of the molecule is C#Cc1cc([N+](=O)[O-])c2c(CCC(=O)O)c[nH]c2c1. The Morgan fingerprint density at radius 3 is 2.84 bits per heavy atom. The number of terminal acetylenes is 1. The Bertz CT molecular complexity index is 709. The summed E-state index contributed by atoms with van der Waals surface area (Å²) in [7, 11) is 0. The highest BCUT2D eigenvalue weighted by Gasteiger charge is 2.18. The van der Waals surface area contributed by atoms with Gasteiger partial charge in [0.15, 0.2) is 0 Å². The molecule has 2 aromatic rings. The molecule has 0 aliphatic rings. The third kappa shape index (κ3) is 2.40. The Morgan fingerprint density at radius 1 is 1.53 bits per heavy atom. The number of aromatic nitrogens is 1. The van der Waals surface area contributed by atoms with Crippen LogP contribution in [0.15, 0.2) is 18.3 Å². The Balaban J connectivity index is 2.60. The molecule has 6 heteroatoms. The number of benzene rings is 1. The van der Waals surface area contributed by atoms with Gasteiger partial charge in [-0.3, -0.25) is 14.9 Å². The number of aromatic amines is 1. The molecule has 0 saturated carbocycles. The third-order valence-corrected chi connectivity index (χ3v) is 2.81. The van der Waals surface area contributed by atoms with Gasteiger partial charge in [-0.15, -0.1) is 6.42 Å². The maximum absolute atomic E-state index is 11.1. The summed E-state index contributed by atoms with van der Waals surface area (Å²) in [6.45, 7) is 0. The molecule has 19 heavy (non-hydrogen) atoms. The maximum atomic E-state index is 11.1. The highest BCUT2D eigenvalue weighted by atomic mass is 16.6. The first-order chi connectivity index (χ1) is 9.02. The summed E-state index contributed by atoms with van der Waals surface area (Å²) >= 11 is 0. The zero-order valence-corrected chi connectivity index (χ0v) is 9.84. The van der Waals surface area contributed by atoms with Gasteiger partial charge in [-0.25, -0.2) is 0 Å². The smallest absolute Gasteiger partial charge is 0.303 e. The van der Waals surface area contributed by atoms with Crippen molar-refractivity contribution < 1.29 is 14.8 Å². The highest BCUT2D eigenvalue weighted by molar-refractivity contribution is 5.93. The molecule has 0 bridgehead atoms. The van der Waals surface area contributed by atoms with E-state index in [-0.39, 0.29) is 18.5 Å². The molecule has 0 fully saturated rings. The van der Waals surface area contributed by atoms with Crippen molar-refractivity contribution in [2.24, 2.45) is 0 Å². The normalized spacial score (nSPS) is 10.3. The van der Waals surface area contributed by atoms with Gasteiger partial charge in [0, 0.05) is 24.2 Å². The minimum absolute atomic E-state index is 0.0823. The molecule has 0 unspecified atom stereocenters. The number of aliphatic carboxylic acids is 1. The van der Waals surface area contributed by atoms with Gasteiger partial charge in [0.2, 0.25) is 0 Å². The standard InChI is InChI=1S/C13H10N2O4/c1-2-8-5-10-13(11(6-8)15(18)19)9(7-14-10)3-4-12(16)17/h1,5-7,14H,3-4H2,(H,16,17). The van der Waals surface area contributed by atoms with E-state index in [0.717, 1.165) is 0 Å². The van der Waals surface area contributed by atoms with Crippen molar-refractivity contribution in [3.8, 4) is 12.3 Å². The van der Waals surface area contributed by atoms with Crippen LogP contribution in [-0.4, -0.2) is 21.0 Å². The van der Waals surface area contributed by atoms with Crippen molar-refractivity contribution in [2.75, 3.05) is 0 Å². The molecule has 0 atom stereocenters. The van der Waals surface area contributed by atoms with E-state index >= 15 is 0 Å². The molecule has 0 aliphatic heterocycles. The van der Waals surface area contributed by atoms with Crippen molar-refractivity contribution >= 4 is 22.6 Å². The van der Waals surface area contributed by atoms with Crippen LogP contribution in [0, 0.1) is 22.5 Å². The average molecular weight is 258 g/mol. The molecule has 6 nitrogen and oxygen atoms in total. The van der Waals surface area contributed by atoms with E-state index in [2.05, 4.69) is 10.9 Å². The molecule has 0 radical (unpaired) electrons. The molecular formula is C13H10N2O4. The van der Waals surface area contributed by atoms with E-state index in [4.69, 9.17) is 11.5 Å². The Kier molecular flexibility index (Phi) is 3.21. The lowest BCUT2D eigenvalue weighted by Gasteiger charge is -2.00. The fraction of sp³-hybridized carbons (Fsp3) is 0.154. The second-order valence-corrected chi connectivity index (χ2v) is 4.03. The molecule has 1 heterocycles. The zero-order chi connectivity index (χ0) is 14.0. The lowest BCUT2D eigenvalue weighted by Crippen LogP contribution is -1.98. The first kappa shape index (κ1) is 12.6. The highest BCUT2D eigenvalue weighted by Crippen LogP contribution is 2.30. The molecule has 0 aliphatic carbocycles. The first-order valence-electron chi connectivity index (χ1n) is 5.49. The number of nitrogens with zero attached hydrogens (tertiary/aromatic N) is 1. The predicted octanol–water partition coefficient (Wildman–Crippen LogP) is 2.07. The first-order valence-corrected chi connectivity index (χ1v) is 5.49. The number of carbonyl (C=O) groups is 1. The third-order valence-electron chi connectivity index (χ3n) is 2.81. The summed E-state index contributed by atoms with van der Waals surface area (Å²) in [4.78, 5) is 24.0. The fourth-order valence-corrected chi connectivity index (χ4v) is 1.98. The lowest BCUT2D eigenvalue weighted by atomic mass is 10.0. The number of carboxylic acids is 1. The molecule has 0 amide bonds. The Morgan fingerprint density at radius 2 is 2.26 bits per heavy atom. The van der Waals surface area contributed by atoms with Crippen molar-refractivity contribution in [2.45, 2.75) is 12.8 Å². The monoisotopic (exact) mass is 258 g/mol. The molecule has 1 aromatic carbocycles. The van der Waals surface area contributed by atoms with Gasteiger partial charge in [0.05, 0.1) is 15.8 Å². The number of hydrogen-bond acceptors (Lipinski definition) is 3. The van der Waals surface area contributed by atoms with E-state index in [1.165, 1.54) is 6.07 Å². The van der Waals surface area contributed by atoms with E-state index < -0.39 is 10.9 Å². The zero-order valence-electron chi connectivity index (χ0n) is 9.84. The van der Waals surface area contributed by atoms with E-state index in [9.17, 15) is 14.9 Å². The van der Waals surface area contributed by atoms with Crippen LogP contribution >= 0.6 is 0 Å². The Labute approximate surface area is 108 Å². The van der Waals surface area contributed by atoms with Gasteiger partial charge in [0.25, 0.3) is 5.69 Å². The fourth-order valence-electron chi connectivity index (χ4n) is 1.98.